The predicted molar refractivity (Wildman–Crippen MR) is 34.5 cm³/mol. The SMILES string of the molecule is [CH2]CCOCN(C)C. The highest BCUT2D eigenvalue weighted by atomic mass is 16.5. The van der Waals surface area contributed by atoms with Gasteiger partial charge in [-0.15, -0.1) is 0 Å². The fourth-order valence-corrected chi connectivity index (χ4v) is 0.349. The highest BCUT2D eigenvalue weighted by Crippen LogP contribution is 1.80. The van der Waals surface area contributed by atoms with E-state index in [1.807, 2.05) is 19.0 Å². The Morgan fingerprint density at radius 3 is 2.50 bits per heavy atom. The average molecular weight is 116 g/mol. The van der Waals surface area contributed by atoms with Gasteiger partial charge in [0.1, 0.15) is 0 Å². The first-order valence-electron chi connectivity index (χ1n) is 2.79. The third kappa shape index (κ3) is 5.92. The van der Waals surface area contributed by atoms with Crippen LogP contribution >= 0.6 is 0 Å². The van der Waals surface area contributed by atoms with Crippen molar-refractivity contribution in [2.75, 3.05) is 27.4 Å². The van der Waals surface area contributed by atoms with Crippen molar-refractivity contribution in [3.8, 4) is 0 Å². The molecule has 0 aromatic rings. The predicted octanol–water partition coefficient (Wildman–Crippen LogP) is 0.746. The van der Waals surface area contributed by atoms with Crippen LogP contribution < -0.4 is 0 Å². The summed E-state index contributed by atoms with van der Waals surface area (Å²) in [7, 11) is 3.95. The molecular formula is C6H14NO. The monoisotopic (exact) mass is 116 g/mol. The van der Waals surface area contributed by atoms with E-state index < -0.39 is 0 Å². The zero-order chi connectivity index (χ0) is 6.41. The molecule has 0 aromatic heterocycles. The molecule has 0 N–H and O–H groups in total. The summed E-state index contributed by atoms with van der Waals surface area (Å²) < 4.78 is 5.11. The summed E-state index contributed by atoms with van der Waals surface area (Å²) in [4.78, 5) is 1.98. The fraction of sp³-hybridized carbons (Fsp3) is 0.833. The van der Waals surface area contributed by atoms with Gasteiger partial charge in [0.05, 0.1) is 6.73 Å². The maximum absolute atomic E-state index is 5.11. The van der Waals surface area contributed by atoms with E-state index in [1.54, 1.807) is 0 Å². The molecule has 0 amide bonds. The minimum absolute atomic E-state index is 0.704. The number of ether oxygens (including phenoxy) is 1. The number of hydrogen-bond acceptors (Lipinski definition) is 2. The van der Waals surface area contributed by atoms with Crippen LogP contribution in [0.25, 0.3) is 0 Å². The lowest BCUT2D eigenvalue weighted by atomic mass is 10.5. The van der Waals surface area contributed by atoms with Gasteiger partial charge < -0.3 is 4.74 Å². The van der Waals surface area contributed by atoms with Gasteiger partial charge in [0.2, 0.25) is 0 Å². The van der Waals surface area contributed by atoms with Gasteiger partial charge in [0.25, 0.3) is 0 Å². The molecule has 0 atom stereocenters. The molecule has 0 heterocycles. The molecule has 0 fully saturated rings. The second-order valence-corrected chi connectivity index (χ2v) is 1.97. The molecule has 0 aliphatic rings. The number of nitrogens with zero attached hydrogens (tertiary/aromatic N) is 1. The quantitative estimate of drug-likeness (QED) is 0.397. The van der Waals surface area contributed by atoms with Crippen LogP contribution in [0.1, 0.15) is 6.42 Å². The molecular weight excluding hydrogens is 102 g/mol. The topological polar surface area (TPSA) is 12.5 Å². The van der Waals surface area contributed by atoms with Gasteiger partial charge in [-0.05, 0) is 20.5 Å². The van der Waals surface area contributed by atoms with Crippen LogP contribution in [-0.2, 0) is 4.74 Å². The van der Waals surface area contributed by atoms with Crippen molar-refractivity contribution in [2.24, 2.45) is 0 Å². The molecule has 0 aliphatic carbocycles. The summed E-state index contributed by atoms with van der Waals surface area (Å²) in [6.07, 6.45) is 0.855. The van der Waals surface area contributed by atoms with Gasteiger partial charge in [-0.25, -0.2) is 0 Å². The first kappa shape index (κ1) is 7.92. The minimum atomic E-state index is 0.704. The van der Waals surface area contributed by atoms with E-state index in [0.29, 0.717) is 6.73 Å². The standard InChI is InChI=1S/C6H14NO/c1-4-5-8-6-7(2)3/h1,4-6H2,2-3H3. The van der Waals surface area contributed by atoms with Gasteiger partial charge >= 0.3 is 0 Å². The summed E-state index contributed by atoms with van der Waals surface area (Å²) in [5.74, 6) is 0. The van der Waals surface area contributed by atoms with E-state index in [4.69, 9.17) is 4.74 Å². The van der Waals surface area contributed by atoms with Crippen LogP contribution in [0.2, 0.25) is 0 Å². The lowest BCUT2D eigenvalue weighted by Crippen LogP contribution is -2.16. The summed E-state index contributed by atoms with van der Waals surface area (Å²) in [6, 6.07) is 0. The molecule has 0 rings (SSSR count). The van der Waals surface area contributed by atoms with Crippen LogP contribution in [-0.4, -0.2) is 32.3 Å². The van der Waals surface area contributed by atoms with Crippen LogP contribution in [0, 0.1) is 6.92 Å². The Morgan fingerprint density at radius 2 is 2.12 bits per heavy atom. The Balaban J connectivity index is 2.72. The van der Waals surface area contributed by atoms with Crippen LogP contribution in [0.5, 0.6) is 0 Å². The second kappa shape index (κ2) is 5.06. The van der Waals surface area contributed by atoms with Crippen molar-refractivity contribution in [3.63, 3.8) is 0 Å². The Morgan fingerprint density at radius 1 is 1.50 bits per heavy atom. The van der Waals surface area contributed by atoms with Crippen LogP contribution in [0.3, 0.4) is 0 Å². The molecule has 0 unspecified atom stereocenters. The molecule has 0 aromatic carbocycles. The van der Waals surface area contributed by atoms with E-state index in [9.17, 15) is 0 Å². The summed E-state index contributed by atoms with van der Waals surface area (Å²) >= 11 is 0. The van der Waals surface area contributed by atoms with Crippen molar-refractivity contribution in [1.82, 2.24) is 4.90 Å². The molecule has 0 aliphatic heterocycles. The first-order chi connectivity index (χ1) is 3.77. The maximum atomic E-state index is 5.11. The Kier molecular flexibility index (Phi) is 5.01. The van der Waals surface area contributed by atoms with Crippen molar-refractivity contribution in [3.05, 3.63) is 6.92 Å². The second-order valence-electron chi connectivity index (χ2n) is 1.97. The largest absolute Gasteiger partial charge is 0.366 e. The van der Waals surface area contributed by atoms with Crippen molar-refractivity contribution in [2.45, 2.75) is 6.42 Å². The fourth-order valence-electron chi connectivity index (χ4n) is 0.349. The molecule has 0 bridgehead atoms. The summed E-state index contributed by atoms with van der Waals surface area (Å²) in [6.45, 7) is 5.10. The Labute approximate surface area is 51.4 Å². The van der Waals surface area contributed by atoms with Crippen LogP contribution in [0.15, 0.2) is 0 Å². The molecule has 49 valence electrons. The molecule has 0 spiro atoms. The molecule has 2 heteroatoms. The van der Waals surface area contributed by atoms with Gasteiger partial charge in [0.15, 0.2) is 0 Å². The Bertz CT molecular complexity index is 45.8. The minimum Gasteiger partial charge on any atom is -0.366 e. The van der Waals surface area contributed by atoms with Gasteiger partial charge in [0, 0.05) is 6.61 Å². The van der Waals surface area contributed by atoms with Crippen LogP contribution in [0.4, 0.5) is 0 Å². The highest BCUT2D eigenvalue weighted by molar-refractivity contribution is 4.34. The van der Waals surface area contributed by atoms with E-state index in [0.717, 1.165) is 13.0 Å². The average Bonchev–Trinajstić information content (AvgIpc) is 1.66. The van der Waals surface area contributed by atoms with E-state index in [-0.39, 0.29) is 0 Å². The lowest BCUT2D eigenvalue weighted by molar-refractivity contribution is 0.0590. The van der Waals surface area contributed by atoms with E-state index in [2.05, 4.69) is 6.92 Å². The summed E-state index contributed by atoms with van der Waals surface area (Å²) in [5.41, 5.74) is 0. The van der Waals surface area contributed by atoms with Gasteiger partial charge in [-0.1, -0.05) is 6.92 Å². The number of rotatable bonds is 4. The van der Waals surface area contributed by atoms with Crippen molar-refractivity contribution in [1.29, 1.82) is 0 Å². The lowest BCUT2D eigenvalue weighted by Gasteiger charge is -2.08. The third-order valence-electron chi connectivity index (χ3n) is 0.638. The maximum Gasteiger partial charge on any atom is 0.0985 e. The molecule has 2 nitrogen and oxygen atoms in total. The molecule has 1 radical (unpaired) electrons. The number of hydrogen-bond donors (Lipinski definition) is 0. The molecule has 8 heavy (non-hydrogen) atoms. The van der Waals surface area contributed by atoms with Crippen molar-refractivity contribution < 1.29 is 4.74 Å². The smallest absolute Gasteiger partial charge is 0.0985 e. The summed E-state index contributed by atoms with van der Waals surface area (Å²) in [5, 5.41) is 0. The first-order valence-corrected chi connectivity index (χ1v) is 2.79. The van der Waals surface area contributed by atoms with Gasteiger partial charge in [-0.2, -0.15) is 0 Å². The Hall–Kier alpha value is -0.0800. The molecule has 0 saturated carbocycles. The normalized spacial score (nSPS) is 10.5. The third-order valence-corrected chi connectivity index (χ3v) is 0.638. The van der Waals surface area contributed by atoms with Gasteiger partial charge in [-0.3, -0.25) is 4.90 Å². The van der Waals surface area contributed by atoms with Crippen molar-refractivity contribution >= 4 is 0 Å². The van der Waals surface area contributed by atoms with E-state index in [1.165, 1.54) is 0 Å². The zero-order valence-corrected chi connectivity index (χ0v) is 5.68. The zero-order valence-electron chi connectivity index (χ0n) is 5.68. The highest BCUT2D eigenvalue weighted by Gasteiger charge is 1.85. The van der Waals surface area contributed by atoms with E-state index >= 15 is 0 Å². The molecule has 0 saturated heterocycles.